The number of hydrogen-bond donors (Lipinski definition) is 1. The fraction of sp³-hybridized carbons (Fsp3) is 0.625. The predicted molar refractivity (Wildman–Crippen MR) is 82.2 cm³/mol. The largest absolute Gasteiger partial charge is 0.492 e. The Hall–Kier alpha value is -0.890. The number of halogens is 1. The molecular weight excluding hydrogens is 258 g/mol. The molecule has 2 rings (SSSR count). The zero-order chi connectivity index (χ0) is 13.8. The Morgan fingerprint density at radius 3 is 2.84 bits per heavy atom. The van der Waals surface area contributed by atoms with E-state index in [9.17, 15) is 0 Å². The zero-order valence-corrected chi connectivity index (χ0v) is 12.8. The summed E-state index contributed by atoms with van der Waals surface area (Å²) in [4.78, 5) is 0. The minimum absolute atomic E-state index is 0.515. The molecule has 1 aliphatic carbocycles. The number of hydrogen-bond acceptors (Lipinski definition) is 2. The maximum absolute atomic E-state index is 6.10. The highest BCUT2D eigenvalue weighted by Gasteiger charge is 2.27. The molecule has 0 spiro atoms. The van der Waals surface area contributed by atoms with Gasteiger partial charge >= 0.3 is 0 Å². The van der Waals surface area contributed by atoms with Gasteiger partial charge in [0.05, 0.1) is 12.3 Å². The van der Waals surface area contributed by atoms with Gasteiger partial charge in [-0.05, 0) is 43.4 Å². The van der Waals surface area contributed by atoms with E-state index in [0.29, 0.717) is 18.6 Å². The monoisotopic (exact) mass is 281 g/mol. The fourth-order valence-electron chi connectivity index (χ4n) is 2.88. The SMILES string of the molecule is CCOc1ccc(Cl)cc1NC1CCCC(C)C1C. The third kappa shape index (κ3) is 3.56. The van der Waals surface area contributed by atoms with Crippen LogP contribution in [0.15, 0.2) is 18.2 Å². The first-order valence-corrected chi connectivity index (χ1v) is 7.68. The Morgan fingerprint density at radius 2 is 2.11 bits per heavy atom. The summed E-state index contributed by atoms with van der Waals surface area (Å²) in [5.74, 6) is 2.36. The van der Waals surface area contributed by atoms with Crippen LogP contribution in [0.2, 0.25) is 5.02 Å². The molecule has 1 aliphatic rings. The molecule has 0 amide bonds. The average molecular weight is 282 g/mol. The molecule has 3 heteroatoms. The normalized spacial score (nSPS) is 27.1. The van der Waals surface area contributed by atoms with E-state index in [-0.39, 0.29) is 0 Å². The minimum atomic E-state index is 0.515. The lowest BCUT2D eigenvalue weighted by molar-refractivity contribution is 0.252. The van der Waals surface area contributed by atoms with Crippen LogP contribution in [0.25, 0.3) is 0 Å². The second kappa shape index (κ2) is 6.51. The van der Waals surface area contributed by atoms with E-state index in [1.165, 1.54) is 19.3 Å². The lowest BCUT2D eigenvalue weighted by Crippen LogP contribution is -2.35. The molecule has 106 valence electrons. The first-order valence-electron chi connectivity index (χ1n) is 7.30. The van der Waals surface area contributed by atoms with E-state index in [0.717, 1.165) is 22.4 Å². The average Bonchev–Trinajstić information content (AvgIpc) is 2.38. The van der Waals surface area contributed by atoms with Gasteiger partial charge in [0.15, 0.2) is 0 Å². The molecule has 0 aromatic heterocycles. The van der Waals surface area contributed by atoms with Gasteiger partial charge in [0.1, 0.15) is 5.75 Å². The van der Waals surface area contributed by atoms with Crippen LogP contribution in [0.3, 0.4) is 0 Å². The van der Waals surface area contributed by atoms with Gasteiger partial charge < -0.3 is 10.1 Å². The van der Waals surface area contributed by atoms with E-state index >= 15 is 0 Å². The Balaban J connectivity index is 2.15. The first kappa shape index (κ1) is 14.5. The molecule has 1 aromatic carbocycles. The third-order valence-corrected chi connectivity index (χ3v) is 4.52. The summed E-state index contributed by atoms with van der Waals surface area (Å²) in [6.07, 6.45) is 3.87. The Labute approximate surface area is 121 Å². The van der Waals surface area contributed by atoms with Crippen molar-refractivity contribution < 1.29 is 4.74 Å². The highest BCUT2D eigenvalue weighted by molar-refractivity contribution is 6.30. The molecule has 3 unspecified atom stereocenters. The van der Waals surface area contributed by atoms with Crippen molar-refractivity contribution >= 4 is 17.3 Å². The van der Waals surface area contributed by atoms with Crippen molar-refractivity contribution in [2.45, 2.75) is 46.1 Å². The molecule has 1 fully saturated rings. The highest BCUT2D eigenvalue weighted by atomic mass is 35.5. The third-order valence-electron chi connectivity index (χ3n) is 4.29. The van der Waals surface area contributed by atoms with Gasteiger partial charge in [-0.3, -0.25) is 0 Å². The van der Waals surface area contributed by atoms with E-state index in [1.807, 2.05) is 25.1 Å². The molecule has 0 aliphatic heterocycles. The lowest BCUT2D eigenvalue weighted by atomic mass is 9.78. The van der Waals surface area contributed by atoms with E-state index in [4.69, 9.17) is 16.3 Å². The van der Waals surface area contributed by atoms with Crippen molar-refractivity contribution in [3.8, 4) is 5.75 Å². The van der Waals surface area contributed by atoms with E-state index in [2.05, 4.69) is 19.2 Å². The second-order valence-electron chi connectivity index (χ2n) is 5.59. The number of rotatable bonds is 4. The van der Waals surface area contributed by atoms with Crippen LogP contribution in [0.5, 0.6) is 5.75 Å². The summed E-state index contributed by atoms with van der Waals surface area (Å²) in [5, 5.41) is 4.40. The Morgan fingerprint density at radius 1 is 1.32 bits per heavy atom. The number of ether oxygens (including phenoxy) is 1. The van der Waals surface area contributed by atoms with Crippen LogP contribution in [-0.4, -0.2) is 12.6 Å². The van der Waals surface area contributed by atoms with Crippen molar-refractivity contribution in [3.05, 3.63) is 23.2 Å². The van der Waals surface area contributed by atoms with Gasteiger partial charge in [-0.15, -0.1) is 0 Å². The van der Waals surface area contributed by atoms with Crippen molar-refractivity contribution in [2.75, 3.05) is 11.9 Å². The Kier molecular flexibility index (Phi) is 4.98. The summed E-state index contributed by atoms with van der Waals surface area (Å²) in [7, 11) is 0. The summed E-state index contributed by atoms with van der Waals surface area (Å²) in [5.41, 5.74) is 1.03. The van der Waals surface area contributed by atoms with Gasteiger partial charge in [0, 0.05) is 11.1 Å². The van der Waals surface area contributed by atoms with E-state index in [1.54, 1.807) is 0 Å². The van der Waals surface area contributed by atoms with Gasteiger partial charge in [0.25, 0.3) is 0 Å². The summed E-state index contributed by atoms with van der Waals surface area (Å²) < 4.78 is 5.67. The van der Waals surface area contributed by atoms with Gasteiger partial charge in [-0.25, -0.2) is 0 Å². The van der Waals surface area contributed by atoms with E-state index < -0.39 is 0 Å². The molecule has 3 atom stereocenters. The van der Waals surface area contributed by atoms with Gasteiger partial charge in [-0.1, -0.05) is 38.3 Å². The molecule has 1 saturated carbocycles. The second-order valence-corrected chi connectivity index (χ2v) is 6.03. The van der Waals surface area contributed by atoms with Crippen molar-refractivity contribution in [2.24, 2.45) is 11.8 Å². The molecule has 0 saturated heterocycles. The number of anilines is 1. The molecule has 2 nitrogen and oxygen atoms in total. The molecule has 1 aromatic rings. The van der Waals surface area contributed by atoms with Crippen molar-refractivity contribution in [1.29, 1.82) is 0 Å². The van der Waals surface area contributed by atoms with Crippen LogP contribution >= 0.6 is 11.6 Å². The molecule has 0 radical (unpaired) electrons. The minimum Gasteiger partial charge on any atom is -0.492 e. The molecule has 0 bridgehead atoms. The van der Waals surface area contributed by atoms with Crippen molar-refractivity contribution in [1.82, 2.24) is 0 Å². The fourth-order valence-corrected chi connectivity index (χ4v) is 3.05. The maximum Gasteiger partial charge on any atom is 0.142 e. The summed E-state index contributed by atoms with van der Waals surface area (Å²) in [6.45, 7) is 7.36. The highest BCUT2D eigenvalue weighted by Crippen LogP contribution is 2.35. The lowest BCUT2D eigenvalue weighted by Gasteiger charge is -2.35. The molecule has 19 heavy (non-hydrogen) atoms. The maximum atomic E-state index is 6.10. The number of benzene rings is 1. The Bertz CT molecular complexity index is 421. The molecular formula is C16H24ClNO. The van der Waals surface area contributed by atoms with Crippen LogP contribution in [0, 0.1) is 11.8 Å². The predicted octanol–water partition coefficient (Wildman–Crippen LogP) is 4.98. The van der Waals surface area contributed by atoms with Crippen LogP contribution in [-0.2, 0) is 0 Å². The zero-order valence-electron chi connectivity index (χ0n) is 12.1. The number of nitrogens with one attached hydrogen (secondary N) is 1. The smallest absolute Gasteiger partial charge is 0.142 e. The molecule has 1 N–H and O–H groups in total. The summed E-state index contributed by atoms with van der Waals surface area (Å²) >= 11 is 6.10. The first-order chi connectivity index (χ1) is 9.11. The quantitative estimate of drug-likeness (QED) is 0.841. The molecule has 0 heterocycles. The topological polar surface area (TPSA) is 21.3 Å². The van der Waals surface area contributed by atoms with Crippen LogP contribution < -0.4 is 10.1 Å². The van der Waals surface area contributed by atoms with Gasteiger partial charge in [-0.2, -0.15) is 0 Å². The van der Waals surface area contributed by atoms with Crippen molar-refractivity contribution in [3.63, 3.8) is 0 Å². The van der Waals surface area contributed by atoms with Gasteiger partial charge in [0.2, 0.25) is 0 Å². The summed E-state index contributed by atoms with van der Waals surface area (Å²) in [6, 6.07) is 6.32. The van der Waals surface area contributed by atoms with Crippen LogP contribution in [0.4, 0.5) is 5.69 Å². The van der Waals surface area contributed by atoms with Crippen LogP contribution in [0.1, 0.15) is 40.0 Å². The standard InChI is InChI=1S/C16H24ClNO/c1-4-19-16-9-8-13(17)10-15(16)18-14-7-5-6-11(2)12(14)3/h8-12,14,18H,4-7H2,1-3H3.